The predicted octanol–water partition coefficient (Wildman–Crippen LogP) is 1.46. The molecule has 0 radical (unpaired) electrons. The Morgan fingerprint density at radius 1 is 1.70 bits per heavy atom. The Hall–Kier alpha value is -0.790. The standard InChI is InChI=1S/C8H15NO/c1-4-5-6-8(2,3)7(9)10/h4H,1,5-6H2,2-3H3,(H2,9,10). The molecular formula is C8H15NO. The predicted molar refractivity (Wildman–Crippen MR) is 42.4 cm³/mol. The largest absolute Gasteiger partial charge is 0.369 e. The minimum absolute atomic E-state index is 0.241. The number of allylic oxidation sites excluding steroid dienone is 1. The molecule has 58 valence electrons. The van der Waals surface area contributed by atoms with Gasteiger partial charge in [0.1, 0.15) is 0 Å². The second-order valence-electron chi connectivity index (χ2n) is 3.08. The summed E-state index contributed by atoms with van der Waals surface area (Å²) in [5.74, 6) is -0.241. The quantitative estimate of drug-likeness (QED) is 0.592. The third-order valence-corrected chi connectivity index (χ3v) is 1.64. The lowest BCUT2D eigenvalue weighted by atomic mass is 9.87. The first-order valence-corrected chi connectivity index (χ1v) is 3.41. The van der Waals surface area contributed by atoms with E-state index in [9.17, 15) is 4.79 Å². The fraction of sp³-hybridized carbons (Fsp3) is 0.625. The van der Waals surface area contributed by atoms with Crippen molar-refractivity contribution in [2.75, 3.05) is 0 Å². The van der Waals surface area contributed by atoms with Crippen LogP contribution in [0.3, 0.4) is 0 Å². The van der Waals surface area contributed by atoms with Gasteiger partial charge in [0.05, 0.1) is 0 Å². The summed E-state index contributed by atoms with van der Waals surface area (Å²) in [6, 6.07) is 0. The molecule has 0 heterocycles. The van der Waals surface area contributed by atoms with Crippen molar-refractivity contribution in [2.24, 2.45) is 11.1 Å². The Morgan fingerprint density at radius 3 is 2.50 bits per heavy atom. The highest BCUT2D eigenvalue weighted by molar-refractivity contribution is 5.79. The molecule has 0 aliphatic rings. The van der Waals surface area contributed by atoms with Gasteiger partial charge in [0.25, 0.3) is 0 Å². The zero-order valence-electron chi connectivity index (χ0n) is 6.68. The summed E-state index contributed by atoms with van der Waals surface area (Å²) in [4.78, 5) is 10.7. The van der Waals surface area contributed by atoms with Crippen LogP contribution in [0.15, 0.2) is 12.7 Å². The van der Waals surface area contributed by atoms with E-state index in [1.54, 1.807) is 6.08 Å². The molecule has 2 N–H and O–H groups in total. The Kier molecular flexibility index (Phi) is 3.13. The van der Waals surface area contributed by atoms with E-state index in [2.05, 4.69) is 6.58 Å². The summed E-state index contributed by atoms with van der Waals surface area (Å²) in [5, 5.41) is 0. The van der Waals surface area contributed by atoms with E-state index < -0.39 is 0 Å². The molecule has 1 amide bonds. The van der Waals surface area contributed by atoms with Crippen molar-refractivity contribution in [1.82, 2.24) is 0 Å². The number of hydrogen-bond acceptors (Lipinski definition) is 1. The van der Waals surface area contributed by atoms with E-state index in [-0.39, 0.29) is 11.3 Å². The van der Waals surface area contributed by atoms with Crippen molar-refractivity contribution in [1.29, 1.82) is 0 Å². The van der Waals surface area contributed by atoms with Crippen molar-refractivity contribution in [3.63, 3.8) is 0 Å². The van der Waals surface area contributed by atoms with E-state index in [4.69, 9.17) is 5.73 Å². The van der Waals surface area contributed by atoms with Crippen LogP contribution < -0.4 is 5.73 Å². The Labute approximate surface area is 62.1 Å². The van der Waals surface area contributed by atoms with Crippen LogP contribution in [0.1, 0.15) is 26.7 Å². The normalized spacial score (nSPS) is 11.0. The smallest absolute Gasteiger partial charge is 0.223 e. The summed E-state index contributed by atoms with van der Waals surface area (Å²) in [6.07, 6.45) is 3.42. The molecule has 0 rings (SSSR count). The molecule has 0 aliphatic carbocycles. The molecule has 0 aliphatic heterocycles. The first-order valence-electron chi connectivity index (χ1n) is 3.41. The summed E-state index contributed by atoms with van der Waals surface area (Å²) in [5.41, 5.74) is 4.76. The van der Waals surface area contributed by atoms with Crippen molar-refractivity contribution in [3.8, 4) is 0 Å². The van der Waals surface area contributed by atoms with Crippen LogP contribution in [0.5, 0.6) is 0 Å². The minimum atomic E-state index is -0.381. The van der Waals surface area contributed by atoms with Crippen LogP contribution in [-0.2, 0) is 4.79 Å². The lowest BCUT2D eigenvalue weighted by molar-refractivity contribution is -0.126. The first-order chi connectivity index (χ1) is 4.50. The SMILES string of the molecule is C=CCCC(C)(C)C(N)=O. The highest BCUT2D eigenvalue weighted by atomic mass is 16.1. The van der Waals surface area contributed by atoms with Gasteiger partial charge in [0, 0.05) is 5.41 Å². The molecule has 0 spiro atoms. The van der Waals surface area contributed by atoms with Gasteiger partial charge in [-0.15, -0.1) is 6.58 Å². The van der Waals surface area contributed by atoms with Gasteiger partial charge < -0.3 is 5.73 Å². The highest BCUT2D eigenvalue weighted by Crippen LogP contribution is 2.21. The third kappa shape index (κ3) is 2.67. The molecule has 0 bridgehead atoms. The molecule has 0 saturated heterocycles. The van der Waals surface area contributed by atoms with Crippen molar-refractivity contribution >= 4 is 5.91 Å². The number of amides is 1. The molecule has 0 aromatic rings. The van der Waals surface area contributed by atoms with E-state index >= 15 is 0 Å². The minimum Gasteiger partial charge on any atom is -0.369 e. The van der Waals surface area contributed by atoms with Crippen LogP contribution in [0, 0.1) is 5.41 Å². The van der Waals surface area contributed by atoms with Crippen LogP contribution in [0.4, 0.5) is 0 Å². The molecule has 0 fully saturated rings. The third-order valence-electron chi connectivity index (χ3n) is 1.64. The second kappa shape index (κ2) is 3.40. The maximum absolute atomic E-state index is 10.7. The summed E-state index contributed by atoms with van der Waals surface area (Å²) in [6.45, 7) is 7.26. The van der Waals surface area contributed by atoms with E-state index in [1.807, 2.05) is 13.8 Å². The average molecular weight is 141 g/mol. The summed E-state index contributed by atoms with van der Waals surface area (Å²) < 4.78 is 0. The fourth-order valence-electron chi connectivity index (χ4n) is 0.586. The summed E-state index contributed by atoms with van der Waals surface area (Å²) >= 11 is 0. The average Bonchev–Trinajstić information content (AvgIpc) is 1.84. The van der Waals surface area contributed by atoms with Gasteiger partial charge in [-0.3, -0.25) is 4.79 Å². The molecule has 2 heteroatoms. The van der Waals surface area contributed by atoms with Crippen LogP contribution in [0.2, 0.25) is 0 Å². The van der Waals surface area contributed by atoms with Gasteiger partial charge in [-0.25, -0.2) is 0 Å². The van der Waals surface area contributed by atoms with Crippen LogP contribution in [-0.4, -0.2) is 5.91 Å². The van der Waals surface area contributed by atoms with Gasteiger partial charge >= 0.3 is 0 Å². The summed E-state index contributed by atoms with van der Waals surface area (Å²) in [7, 11) is 0. The van der Waals surface area contributed by atoms with Gasteiger partial charge in [0.15, 0.2) is 0 Å². The zero-order valence-corrected chi connectivity index (χ0v) is 6.68. The second-order valence-corrected chi connectivity index (χ2v) is 3.08. The zero-order chi connectivity index (χ0) is 8.20. The molecule has 0 aromatic carbocycles. The van der Waals surface area contributed by atoms with Crippen molar-refractivity contribution in [3.05, 3.63) is 12.7 Å². The molecular weight excluding hydrogens is 126 g/mol. The number of rotatable bonds is 4. The lowest BCUT2D eigenvalue weighted by Gasteiger charge is -2.18. The number of hydrogen-bond donors (Lipinski definition) is 1. The molecule has 0 saturated carbocycles. The fourth-order valence-corrected chi connectivity index (χ4v) is 0.586. The highest BCUT2D eigenvalue weighted by Gasteiger charge is 2.23. The van der Waals surface area contributed by atoms with E-state index in [1.165, 1.54) is 0 Å². The number of carbonyl (C=O) groups is 1. The Bertz CT molecular complexity index is 138. The number of primary amides is 1. The molecule has 0 atom stereocenters. The van der Waals surface area contributed by atoms with E-state index in [0.29, 0.717) is 0 Å². The van der Waals surface area contributed by atoms with Gasteiger partial charge in [0.2, 0.25) is 5.91 Å². The van der Waals surface area contributed by atoms with E-state index in [0.717, 1.165) is 12.8 Å². The Balaban J connectivity index is 3.86. The first kappa shape index (κ1) is 9.21. The molecule has 0 aromatic heterocycles. The van der Waals surface area contributed by atoms with Gasteiger partial charge in [-0.1, -0.05) is 19.9 Å². The topological polar surface area (TPSA) is 43.1 Å². The number of nitrogens with two attached hydrogens (primary N) is 1. The molecule has 2 nitrogen and oxygen atoms in total. The lowest BCUT2D eigenvalue weighted by Crippen LogP contribution is -2.31. The Morgan fingerprint density at radius 2 is 2.20 bits per heavy atom. The van der Waals surface area contributed by atoms with Crippen molar-refractivity contribution in [2.45, 2.75) is 26.7 Å². The maximum atomic E-state index is 10.7. The number of carbonyl (C=O) groups excluding carboxylic acids is 1. The van der Waals surface area contributed by atoms with Crippen molar-refractivity contribution < 1.29 is 4.79 Å². The van der Waals surface area contributed by atoms with Crippen LogP contribution >= 0.6 is 0 Å². The molecule has 10 heavy (non-hydrogen) atoms. The van der Waals surface area contributed by atoms with Crippen LogP contribution in [0.25, 0.3) is 0 Å². The monoisotopic (exact) mass is 141 g/mol. The van der Waals surface area contributed by atoms with Gasteiger partial charge in [-0.05, 0) is 12.8 Å². The van der Waals surface area contributed by atoms with Gasteiger partial charge in [-0.2, -0.15) is 0 Å². The molecule has 0 unspecified atom stereocenters. The maximum Gasteiger partial charge on any atom is 0.223 e.